The van der Waals surface area contributed by atoms with Crippen molar-refractivity contribution in [2.75, 3.05) is 5.32 Å². The first-order chi connectivity index (χ1) is 8.61. The van der Waals surface area contributed by atoms with Gasteiger partial charge in [0.1, 0.15) is 5.82 Å². The molecule has 2 aromatic rings. The molecule has 0 aliphatic carbocycles. The Kier molecular flexibility index (Phi) is 3.28. The summed E-state index contributed by atoms with van der Waals surface area (Å²) < 4.78 is 15.3. The number of halogens is 1. The molecule has 0 aliphatic heterocycles. The summed E-state index contributed by atoms with van der Waals surface area (Å²) in [6.45, 7) is 2.22. The van der Waals surface area contributed by atoms with Gasteiger partial charge in [-0.05, 0) is 25.1 Å². The predicted octanol–water partition coefficient (Wildman–Crippen LogP) is 2.35. The Hall–Kier alpha value is -2.35. The van der Waals surface area contributed by atoms with Crippen molar-refractivity contribution < 1.29 is 4.39 Å². The summed E-state index contributed by atoms with van der Waals surface area (Å²) in [5, 5.41) is 16.0. The van der Waals surface area contributed by atoms with Gasteiger partial charge in [0.05, 0.1) is 23.9 Å². The third-order valence-corrected chi connectivity index (χ3v) is 2.86. The normalized spacial score (nSPS) is 10.1. The van der Waals surface area contributed by atoms with E-state index in [9.17, 15) is 4.39 Å². The standard InChI is InChI=1S/C13H13FN4/c1-9-12(14)5-10(7-15)6-13(9)16-8-11-3-4-17-18(11)2/h3-6,16H,8H2,1-2H3. The molecule has 0 unspecified atom stereocenters. The third-order valence-electron chi connectivity index (χ3n) is 2.86. The van der Waals surface area contributed by atoms with Gasteiger partial charge in [-0.1, -0.05) is 0 Å². The lowest BCUT2D eigenvalue weighted by Crippen LogP contribution is -2.07. The van der Waals surface area contributed by atoms with Gasteiger partial charge in [0, 0.05) is 24.5 Å². The Morgan fingerprint density at radius 1 is 1.50 bits per heavy atom. The molecule has 4 nitrogen and oxygen atoms in total. The second kappa shape index (κ2) is 4.88. The summed E-state index contributed by atoms with van der Waals surface area (Å²) >= 11 is 0. The maximum atomic E-state index is 13.6. The summed E-state index contributed by atoms with van der Waals surface area (Å²) in [5.41, 5.74) is 2.44. The Morgan fingerprint density at radius 3 is 2.89 bits per heavy atom. The molecule has 0 fully saturated rings. The summed E-state index contributed by atoms with van der Waals surface area (Å²) in [5.74, 6) is -0.374. The van der Waals surface area contributed by atoms with Crippen molar-refractivity contribution in [1.82, 2.24) is 9.78 Å². The van der Waals surface area contributed by atoms with Crippen molar-refractivity contribution >= 4 is 5.69 Å². The minimum atomic E-state index is -0.374. The van der Waals surface area contributed by atoms with E-state index in [0.29, 0.717) is 23.4 Å². The molecular formula is C13H13FN4. The van der Waals surface area contributed by atoms with Crippen LogP contribution in [-0.4, -0.2) is 9.78 Å². The monoisotopic (exact) mass is 244 g/mol. The van der Waals surface area contributed by atoms with Crippen LogP contribution in [0, 0.1) is 24.1 Å². The number of nitrogens with zero attached hydrogens (tertiary/aromatic N) is 3. The number of anilines is 1. The second-order valence-electron chi connectivity index (χ2n) is 4.04. The fourth-order valence-corrected chi connectivity index (χ4v) is 1.69. The van der Waals surface area contributed by atoms with Crippen molar-refractivity contribution in [3.8, 4) is 6.07 Å². The Morgan fingerprint density at radius 2 is 2.28 bits per heavy atom. The third kappa shape index (κ3) is 2.33. The van der Waals surface area contributed by atoms with E-state index in [2.05, 4.69) is 10.4 Å². The molecule has 1 aromatic heterocycles. The molecule has 0 saturated carbocycles. The van der Waals surface area contributed by atoms with E-state index in [1.165, 1.54) is 6.07 Å². The molecule has 0 radical (unpaired) electrons. The molecule has 0 aliphatic rings. The largest absolute Gasteiger partial charge is 0.379 e. The Labute approximate surface area is 105 Å². The van der Waals surface area contributed by atoms with Gasteiger partial charge in [0.15, 0.2) is 0 Å². The van der Waals surface area contributed by atoms with Crippen LogP contribution in [0.2, 0.25) is 0 Å². The van der Waals surface area contributed by atoms with E-state index >= 15 is 0 Å². The van der Waals surface area contributed by atoms with Gasteiger partial charge in [0.2, 0.25) is 0 Å². The van der Waals surface area contributed by atoms with Crippen LogP contribution in [0.4, 0.5) is 10.1 Å². The van der Waals surface area contributed by atoms with Crippen LogP contribution in [0.1, 0.15) is 16.8 Å². The SMILES string of the molecule is Cc1c(F)cc(C#N)cc1NCc1ccnn1C. The average molecular weight is 244 g/mol. The van der Waals surface area contributed by atoms with Crippen LogP contribution < -0.4 is 5.32 Å². The molecule has 0 saturated heterocycles. The van der Waals surface area contributed by atoms with Gasteiger partial charge in [-0.2, -0.15) is 10.4 Å². The highest BCUT2D eigenvalue weighted by Crippen LogP contribution is 2.21. The van der Waals surface area contributed by atoms with Crippen LogP contribution >= 0.6 is 0 Å². The molecule has 0 amide bonds. The highest BCUT2D eigenvalue weighted by molar-refractivity contribution is 5.55. The topological polar surface area (TPSA) is 53.6 Å². The van der Waals surface area contributed by atoms with Gasteiger partial charge in [-0.15, -0.1) is 0 Å². The van der Waals surface area contributed by atoms with Gasteiger partial charge in [-0.3, -0.25) is 4.68 Å². The van der Waals surface area contributed by atoms with Crippen molar-refractivity contribution in [1.29, 1.82) is 5.26 Å². The Balaban J connectivity index is 2.22. The summed E-state index contributed by atoms with van der Waals surface area (Å²) in [7, 11) is 1.84. The zero-order valence-electron chi connectivity index (χ0n) is 10.2. The predicted molar refractivity (Wildman–Crippen MR) is 66.4 cm³/mol. The maximum absolute atomic E-state index is 13.6. The lowest BCUT2D eigenvalue weighted by atomic mass is 10.1. The average Bonchev–Trinajstić information content (AvgIpc) is 2.76. The molecule has 1 aromatic carbocycles. The van der Waals surface area contributed by atoms with Gasteiger partial charge >= 0.3 is 0 Å². The number of aromatic nitrogens is 2. The zero-order chi connectivity index (χ0) is 13.1. The van der Waals surface area contributed by atoms with Crippen LogP contribution in [0.15, 0.2) is 24.4 Å². The fourth-order valence-electron chi connectivity index (χ4n) is 1.69. The number of benzene rings is 1. The fraction of sp³-hybridized carbons (Fsp3) is 0.231. The summed E-state index contributed by atoms with van der Waals surface area (Å²) in [6.07, 6.45) is 1.70. The van der Waals surface area contributed by atoms with Crippen molar-refractivity contribution in [2.45, 2.75) is 13.5 Å². The van der Waals surface area contributed by atoms with Crippen LogP contribution in [0.3, 0.4) is 0 Å². The van der Waals surface area contributed by atoms with Crippen molar-refractivity contribution in [3.63, 3.8) is 0 Å². The number of hydrogen-bond acceptors (Lipinski definition) is 3. The zero-order valence-corrected chi connectivity index (χ0v) is 10.2. The molecule has 0 bridgehead atoms. The number of hydrogen-bond donors (Lipinski definition) is 1. The van der Waals surface area contributed by atoms with E-state index in [0.717, 1.165) is 5.69 Å². The number of rotatable bonds is 3. The number of nitriles is 1. The minimum absolute atomic E-state index is 0.311. The molecule has 18 heavy (non-hydrogen) atoms. The van der Waals surface area contributed by atoms with Gasteiger partial charge < -0.3 is 5.32 Å². The molecule has 0 atom stereocenters. The second-order valence-corrected chi connectivity index (χ2v) is 4.04. The van der Waals surface area contributed by atoms with E-state index in [-0.39, 0.29) is 5.82 Å². The smallest absolute Gasteiger partial charge is 0.129 e. The quantitative estimate of drug-likeness (QED) is 0.901. The van der Waals surface area contributed by atoms with E-state index < -0.39 is 0 Å². The summed E-state index contributed by atoms with van der Waals surface area (Å²) in [4.78, 5) is 0. The van der Waals surface area contributed by atoms with E-state index in [1.807, 2.05) is 19.2 Å². The van der Waals surface area contributed by atoms with E-state index in [1.54, 1.807) is 23.9 Å². The lowest BCUT2D eigenvalue weighted by Gasteiger charge is -2.10. The Bertz CT molecular complexity index is 610. The van der Waals surface area contributed by atoms with Crippen LogP contribution in [-0.2, 0) is 13.6 Å². The van der Waals surface area contributed by atoms with E-state index in [4.69, 9.17) is 5.26 Å². The molecule has 0 spiro atoms. The maximum Gasteiger partial charge on any atom is 0.129 e. The highest BCUT2D eigenvalue weighted by atomic mass is 19.1. The van der Waals surface area contributed by atoms with Crippen molar-refractivity contribution in [2.24, 2.45) is 7.05 Å². The number of nitrogens with one attached hydrogen (secondary N) is 1. The summed E-state index contributed by atoms with van der Waals surface area (Å²) in [6, 6.07) is 6.71. The van der Waals surface area contributed by atoms with Crippen LogP contribution in [0.5, 0.6) is 0 Å². The lowest BCUT2D eigenvalue weighted by molar-refractivity contribution is 0.618. The molecule has 92 valence electrons. The number of aryl methyl sites for hydroxylation is 1. The molecule has 1 heterocycles. The molecular weight excluding hydrogens is 231 g/mol. The van der Waals surface area contributed by atoms with Gasteiger partial charge in [0.25, 0.3) is 0 Å². The van der Waals surface area contributed by atoms with Gasteiger partial charge in [-0.25, -0.2) is 4.39 Å². The molecule has 2 rings (SSSR count). The van der Waals surface area contributed by atoms with Crippen LogP contribution in [0.25, 0.3) is 0 Å². The van der Waals surface area contributed by atoms with Crippen molar-refractivity contribution in [3.05, 3.63) is 47.0 Å². The molecule has 5 heteroatoms. The highest BCUT2D eigenvalue weighted by Gasteiger charge is 2.07. The molecule has 1 N–H and O–H groups in total. The minimum Gasteiger partial charge on any atom is -0.379 e. The first-order valence-electron chi connectivity index (χ1n) is 5.53. The first kappa shape index (κ1) is 12.1. The first-order valence-corrected chi connectivity index (χ1v) is 5.53.